The molecule has 0 bridgehead atoms. The molecule has 2 N–H and O–H groups in total. The molecule has 0 atom stereocenters. The number of carbonyl (C=O) groups is 1. The molecule has 1 aromatic heterocycles. The van der Waals surface area contributed by atoms with Crippen molar-refractivity contribution < 1.29 is 14.3 Å². The molecule has 6 heteroatoms. The number of anilines is 1. The Labute approximate surface area is 139 Å². The minimum Gasteiger partial charge on any atom is -0.493 e. The standard InChI is InChI=1S/C18H17N3O3/c1-10(22)11-5-4-6-12(7-11)18-20-14-9-16(24-3)15(23-2)8-13(14)17(19)21-18/h4-9H,1-3H3,(H2,19,20,21). The Bertz CT molecular complexity index is 938. The predicted molar refractivity (Wildman–Crippen MR) is 92.5 cm³/mol. The summed E-state index contributed by atoms with van der Waals surface area (Å²) < 4.78 is 10.6. The number of ether oxygens (including phenoxy) is 2. The van der Waals surface area contributed by atoms with E-state index in [0.29, 0.717) is 39.6 Å². The second-order valence-electron chi connectivity index (χ2n) is 5.29. The van der Waals surface area contributed by atoms with Crippen molar-refractivity contribution in [1.29, 1.82) is 0 Å². The van der Waals surface area contributed by atoms with Crippen molar-refractivity contribution in [2.45, 2.75) is 6.92 Å². The molecule has 0 spiro atoms. The zero-order chi connectivity index (χ0) is 17.3. The van der Waals surface area contributed by atoms with E-state index >= 15 is 0 Å². The normalized spacial score (nSPS) is 10.6. The number of rotatable bonds is 4. The molecule has 0 saturated carbocycles. The van der Waals surface area contributed by atoms with Crippen LogP contribution in [0.2, 0.25) is 0 Å². The van der Waals surface area contributed by atoms with Gasteiger partial charge in [0, 0.05) is 22.6 Å². The number of nitrogen functional groups attached to an aromatic ring is 1. The number of methoxy groups -OCH3 is 2. The van der Waals surface area contributed by atoms with Crippen LogP contribution in [0.1, 0.15) is 17.3 Å². The summed E-state index contributed by atoms with van der Waals surface area (Å²) in [6.07, 6.45) is 0. The Balaban J connectivity index is 2.20. The number of hydrogen-bond donors (Lipinski definition) is 1. The summed E-state index contributed by atoms with van der Waals surface area (Å²) >= 11 is 0. The third kappa shape index (κ3) is 2.74. The lowest BCUT2D eigenvalue weighted by Crippen LogP contribution is -2.00. The number of nitrogens with two attached hydrogens (primary N) is 1. The summed E-state index contributed by atoms with van der Waals surface area (Å²) in [6.45, 7) is 1.52. The highest BCUT2D eigenvalue weighted by molar-refractivity contribution is 5.96. The molecule has 6 nitrogen and oxygen atoms in total. The summed E-state index contributed by atoms with van der Waals surface area (Å²) in [5.74, 6) is 1.90. The Kier molecular flexibility index (Phi) is 4.04. The Morgan fingerprint density at radius 1 is 1.04 bits per heavy atom. The highest BCUT2D eigenvalue weighted by Crippen LogP contribution is 2.34. The van der Waals surface area contributed by atoms with Gasteiger partial charge in [-0.3, -0.25) is 4.79 Å². The Hall–Kier alpha value is -3.15. The van der Waals surface area contributed by atoms with Gasteiger partial charge in [0.05, 0.1) is 19.7 Å². The largest absolute Gasteiger partial charge is 0.493 e. The van der Waals surface area contributed by atoms with Crippen LogP contribution in [0.3, 0.4) is 0 Å². The van der Waals surface area contributed by atoms with Gasteiger partial charge in [-0.15, -0.1) is 0 Å². The minimum atomic E-state index is -0.0167. The monoisotopic (exact) mass is 323 g/mol. The van der Waals surface area contributed by atoms with Crippen molar-refractivity contribution in [2.24, 2.45) is 0 Å². The summed E-state index contributed by atoms with van der Waals surface area (Å²) in [4.78, 5) is 20.5. The second kappa shape index (κ2) is 6.16. The van der Waals surface area contributed by atoms with Crippen molar-refractivity contribution in [3.05, 3.63) is 42.0 Å². The number of nitrogens with zero attached hydrogens (tertiary/aromatic N) is 2. The highest BCUT2D eigenvalue weighted by Gasteiger charge is 2.13. The molecule has 24 heavy (non-hydrogen) atoms. The summed E-state index contributed by atoms with van der Waals surface area (Å²) in [5, 5.41) is 0.680. The average molecular weight is 323 g/mol. The first-order valence-corrected chi connectivity index (χ1v) is 7.34. The average Bonchev–Trinajstić information content (AvgIpc) is 2.60. The number of ketones is 1. The first kappa shape index (κ1) is 15.7. The molecule has 2 aromatic carbocycles. The van der Waals surface area contributed by atoms with E-state index in [2.05, 4.69) is 9.97 Å². The van der Waals surface area contributed by atoms with Crippen LogP contribution in [0.15, 0.2) is 36.4 Å². The van der Waals surface area contributed by atoms with Crippen LogP contribution in [-0.2, 0) is 0 Å². The topological polar surface area (TPSA) is 87.3 Å². The highest BCUT2D eigenvalue weighted by atomic mass is 16.5. The summed E-state index contributed by atoms with van der Waals surface area (Å²) in [6, 6.07) is 10.6. The number of hydrogen-bond acceptors (Lipinski definition) is 6. The van der Waals surface area contributed by atoms with Crippen molar-refractivity contribution in [3.8, 4) is 22.9 Å². The number of carbonyl (C=O) groups excluding carboxylic acids is 1. The SMILES string of the molecule is COc1cc2nc(-c3cccc(C(C)=O)c3)nc(N)c2cc1OC. The van der Waals surface area contributed by atoms with Crippen LogP contribution >= 0.6 is 0 Å². The van der Waals surface area contributed by atoms with Crippen LogP contribution in [0.25, 0.3) is 22.3 Å². The minimum absolute atomic E-state index is 0.0167. The van der Waals surface area contributed by atoms with E-state index in [-0.39, 0.29) is 5.78 Å². The fourth-order valence-corrected chi connectivity index (χ4v) is 2.49. The van der Waals surface area contributed by atoms with E-state index in [9.17, 15) is 4.79 Å². The maximum absolute atomic E-state index is 11.6. The fourth-order valence-electron chi connectivity index (χ4n) is 2.49. The predicted octanol–water partition coefficient (Wildman–Crippen LogP) is 3.10. The number of benzene rings is 2. The van der Waals surface area contributed by atoms with E-state index in [0.717, 1.165) is 5.56 Å². The molecule has 0 aliphatic heterocycles. The van der Waals surface area contributed by atoms with Crippen LogP contribution < -0.4 is 15.2 Å². The zero-order valence-electron chi connectivity index (χ0n) is 13.7. The summed E-state index contributed by atoms with van der Waals surface area (Å²) in [5.41, 5.74) is 8.06. The number of aromatic nitrogens is 2. The lowest BCUT2D eigenvalue weighted by Gasteiger charge is -2.11. The van der Waals surface area contributed by atoms with Gasteiger partial charge in [0.15, 0.2) is 23.1 Å². The molecule has 1 heterocycles. The molecular formula is C18H17N3O3. The molecule has 0 amide bonds. The molecule has 0 unspecified atom stereocenters. The van der Waals surface area contributed by atoms with Gasteiger partial charge in [-0.25, -0.2) is 9.97 Å². The van der Waals surface area contributed by atoms with Crippen molar-refractivity contribution >= 4 is 22.5 Å². The van der Waals surface area contributed by atoms with Crippen molar-refractivity contribution in [1.82, 2.24) is 9.97 Å². The molecule has 0 fully saturated rings. The van der Waals surface area contributed by atoms with Gasteiger partial charge in [0.2, 0.25) is 0 Å². The van der Waals surface area contributed by atoms with E-state index in [1.807, 2.05) is 6.07 Å². The third-order valence-electron chi connectivity index (χ3n) is 3.76. The lowest BCUT2D eigenvalue weighted by molar-refractivity contribution is 0.101. The Morgan fingerprint density at radius 2 is 1.75 bits per heavy atom. The number of fused-ring (bicyclic) bond motifs is 1. The first-order chi connectivity index (χ1) is 11.5. The maximum Gasteiger partial charge on any atom is 0.162 e. The molecular weight excluding hydrogens is 306 g/mol. The van der Waals surface area contributed by atoms with Gasteiger partial charge in [0.25, 0.3) is 0 Å². The maximum atomic E-state index is 11.6. The molecule has 3 aromatic rings. The molecule has 122 valence electrons. The fraction of sp³-hybridized carbons (Fsp3) is 0.167. The van der Waals surface area contributed by atoms with Gasteiger partial charge in [-0.1, -0.05) is 18.2 Å². The van der Waals surface area contributed by atoms with Crippen LogP contribution in [0, 0.1) is 0 Å². The first-order valence-electron chi connectivity index (χ1n) is 7.34. The van der Waals surface area contributed by atoms with Gasteiger partial charge in [0.1, 0.15) is 5.82 Å². The van der Waals surface area contributed by atoms with Crippen LogP contribution in [0.4, 0.5) is 5.82 Å². The van der Waals surface area contributed by atoms with Crippen molar-refractivity contribution in [3.63, 3.8) is 0 Å². The quantitative estimate of drug-likeness (QED) is 0.742. The van der Waals surface area contributed by atoms with E-state index in [4.69, 9.17) is 15.2 Å². The molecule has 3 rings (SSSR count). The molecule has 0 aliphatic rings. The Morgan fingerprint density at radius 3 is 2.42 bits per heavy atom. The lowest BCUT2D eigenvalue weighted by atomic mass is 10.1. The van der Waals surface area contributed by atoms with Crippen LogP contribution in [-0.4, -0.2) is 30.0 Å². The zero-order valence-corrected chi connectivity index (χ0v) is 13.7. The van der Waals surface area contributed by atoms with Crippen LogP contribution in [0.5, 0.6) is 11.5 Å². The molecule has 0 aliphatic carbocycles. The smallest absolute Gasteiger partial charge is 0.162 e. The van der Waals surface area contributed by atoms with E-state index in [1.165, 1.54) is 6.92 Å². The van der Waals surface area contributed by atoms with E-state index in [1.54, 1.807) is 44.6 Å². The van der Waals surface area contributed by atoms with E-state index < -0.39 is 0 Å². The third-order valence-corrected chi connectivity index (χ3v) is 3.76. The van der Waals surface area contributed by atoms with Gasteiger partial charge >= 0.3 is 0 Å². The summed E-state index contributed by atoms with van der Waals surface area (Å²) in [7, 11) is 3.12. The van der Waals surface area contributed by atoms with Crippen molar-refractivity contribution in [2.75, 3.05) is 20.0 Å². The molecule has 0 radical (unpaired) electrons. The van der Waals surface area contributed by atoms with Gasteiger partial charge in [-0.2, -0.15) is 0 Å². The molecule has 0 saturated heterocycles. The number of Topliss-reactive ketones (excluding diaryl/α,β-unsaturated/α-hetero) is 1. The van der Waals surface area contributed by atoms with Gasteiger partial charge in [-0.05, 0) is 19.1 Å². The second-order valence-corrected chi connectivity index (χ2v) is 5.29. The van der Waals surface area contributed by atoms with Gasteiger partial charge < -0.3 is 15.2 Å².